The molecule has 0 saturated heterocycles. The molecule has 0 spiro atoms. The highest BCUT2D eigenvalue weighted by Gasteiger charge is 2.08. The zero-order valence-corrected chi connectivity index (χ0v) is 13.0. The molecule has 0 bridgehead atoms. The fourth-order valence-corrected chi connectivity index (χ4v) is 2.26. The number of hydrogen-bond acceptors (Lipinski definition) is 4. The molecule has 0 aliphatic rings. The summed E-state index contributed by atoms with van der Waals surface area (Å²) in [5.74, 6) is 1.25. The molecule has 0 aliphatic heterocycles. The van der Waals surface area contributed by atoms with Crippen molar-refractivity contribution in [1.29, 1.82) is 0 Å². The molecule has 0 N–H and O–H groups in total. The number of nitrogens with zero attached hydrogens (tertiary/aromatic N) is 2. The summed E-state index contributed by atoms with van der Waals surface area (Å²) in [6.07, 6.45) is 0. The summed E-state index contributed by atoms with van der Waals surface area (Å²) in [4.78, 5) is 8.18. The largest absolute Gasteiger partial charge is 0.437 e. The van der Waals surface area contributed by atoms with Gasteiger partial charge in [0, 0.05) is 17.6 Å². The quantitative estimate of drug-likeness (QED) is 0.751. The third-order valence-electron chi connectivity index (χ3n) is 2.10. The first-order valence-electron chi connectivity index (χ1n) is 5.24. The molecule has 1 aromatic carbocycles. The topological polar surface area (TPSA) is 44.2 Å². The Balaban J connectivity index is 2.27. The van der Waals surface area contributed by atoms with Gasteiger partial charge in [-0.25, -0.2) is 4.98 Å². The predicted molar refractivity (Wildman–Crippen MR) is 77.0 cm³/mol. The second-order valence-electron chi connectivity index (χ2n) is 3.55. The number of benzene rings is 1. The van der Waals surface area contributed by atoms with E-state index in [0.717, 1.165) is 4.47 Å². The van der Waals surface area contributed by atoms with Crippen LogP contribution in [0.3, 0.4) is 0 Å². The second-order valence-corrected chi connectivity index (χ2v) is 5.27. The van der Waals surface area contributed by atoms with E-state index in [1.54, 1.807) is 19.2 Å². The molecule has 2 aromatic rings. The number of aromatic nitrogens is 2. The van der Waals surface area contributed by atoms with Gasteiger partial charge in [0.15, 0.2) is 5.82 Å². The molecule has 1 heterocycles. The lowest BCUT2D eigenvalue weighted by molar-refractivity contribution is 0.177. The average Bonchev–Trinajstić information content (AvgIpc) is 2.32. The summed E-state index contributed by atoms with van der Waals surface area (Å²) in [6.45, 7) is 0.255. The minimum absolute atomic E-state index is 0.255. The van der Waals surface area contributed by atoms with Crippen molar-refractivity contribution in [3.8, 4) is 11.6 Å². The van der Waals surface area contributed by atoms with E-state index in [-0.39, 0.29) is 11.8 Å². The average molecular weight is 364 g/mol. The van der Waals surface area contributed by atoms with Crippen LogP contribution >= 0.6 is 39.1 Å². The van der Waals surface area contributed by atoms with Crippen LogP contribution < -0.4 is 4.74 Å². The lowest BCUT2D eigenvalue weighted by Crippen LogP contribution is -1.99. The molecule has 100 valence electrons. The monoisotopic (exact) mass is 362 g/mol. The van der Waals surface area contributed by atoms with E-state index >= 15 is 0 Å². The fourth-order valence-electron chi connectivity index (χ4n) is 1.36. The van der Waals surface area contributed by atoms with E-state index in [9.17, 15) is 0 Å². The molecule has 2 rings (SSSR count). The van der Waals surface area contributed by atoms with Crippen molar-refractivity contribution in [3.05, 3.63) is 44.7 Å². The fraction of sp³-hybridized carbons (Fsp3) is 0.167. The minimum Gasteiger partial charge on any atom is -0.437 e. The van der Waals surface area contributed by atoms with Crippen LogP contribution in [0.5, 0.6) is 11.6 Å². The summed E-state index contributed by atoms with van der Waals surface area (Å²) in [6, 6.07) is 6.80. The number of hydrogen-bond donors (Lipinski definition) is 0. The van der Waals surface area contributed by atoms with Gasteiger partial charge in [-0.2, -0.15) is 4.98 Å². The minimum atomic E-state index is 0.255. The Morgan fingerprint density at radius 3 is 2.68 bits per heavy atom. The van der Waals surface area contributed by atoms with Crippen LogP contribution in [0.1, 0.15) is 5.82 Å². The van der Waals surface area contributed by atoms with Crippen molar-refractivity contribution in [1.82, 2.24) is 9.97 Å². The predicted octanol–water partition coefficient (Wildman–Crippen LogP) is 4.48. The first kappa shape index (κ1) is 14.5. The molecular formula is C12H9BrCl2N2O2. The van der Waals surface area contributed by atoms with Gasteiger partial charge in [-0.3, -0.25) is 0 Å². The highest BCUT2D eigenvalue weighted by Crippen LogP contribution is 2.31. The van der Waals surface area contributed by atoms with Gasteiger partial charge in [0.05, 0.1) is 5.02 Å². The van der Waals surface area contributed by atoms with Gasteiger partial charge in [-0.15, -0.1) is 0 Å². The number of methoxy groups -OCH3 is 1. The Bertz CT molecular complexity index is 596. The van der Waals surface area contributed by atoms with E-state index in [1.165, 1.54) is 6.07 Å². The third-order valence-corrected chi connectivity index (χ3v) is 3.08. The SMILES string of the molecule is COCc1nc(Cl)cc(Oc2ccc(Br)cc2Cl)n1. The molecule has 0 radical (unpaired) electrons. The zero-order valence-electron chi connectivity index (χ0n) is 9.86. The molecule has 4 nitrogen and oxygen atoms in total. The molecule has 0 amide bonds. The molecule has 0 saturated carbocycles. The standard InChI is InChI=1S/C12H9BrCl2N2O2/c1-18-6-11-16-10(15)5-12(17-11)19-9-3-2-7(13)4-8(9)14/h2-5H,6H2,1H3. The smallest absolute Gasteiger partial charge is 0.224 e. The molecule has 0 fully saturated rings. The highest BCUT2D eigenvalue weighted by atomic mass is 79.9. The van der Waals surface area contributed by atoms with Crippen molar-refractivity contribution in [2.45, 2.75) is 6.61 Å². The third kappa shape index (κ3) is 4.04. The van der Waals surface area contributed by atoms with Crippen molar-refractivity contribution in [3.63, 3.8) is 0 Å². The van der Waals surface area contributed by atoms with Crippen LogP contribution in [0.4, 0.5) is 0 Å². The van der Waals surface area contributed by atoms with Crippen LogP contribution in [0, 0.1) is 0 Å². The normalized spacial score (nSPS) is 10.5. The van der Waals surface area contributed by atoms with Crippen molar-refractivity contribution >= 4 is 39.1 Å². The molecule has 7 heteroatoms. The summed E-state index contributed by atoms with van der Waals surface area (Å²) in [7, 11) is 1.55. The first-order chi connectivity index (χ1) is 9.08. The van der Waals surface area contributed by atoms with Crippen LogP contribution in [0.25, 0.3) is 0 Å². The van der Waals surface area contributed by atoms with E-state index in [0.29, 0.717) is 22.5 Å². The Labute approximate surface area is 128 Å². The lowest BCUT2D eigenvalue weighted by atomic mass is 10.3. The molecule has 0 atom stereocenters. The maximum atomic E-state index is 6.06. The van der Waals surface area contributed by atoms with Crippen molar-refractivity contribution < 1.29 is 9.47 Å². The number of ether oxygens (including phenoxy) is 2. The molecular weight excluding hydrogens is 355 g/mol. The van der Waals surface area contributed by atoms with Gasteiger partial charge >= 0.3 is 0 Å². The van der Waals surface area contributed by atoms with Gasteiger partial charge < -0.3 is 9.47 Å². The van der Waals surface area contributed by atoms with Gasteiger partial charge in [0.1, 0.15) is 17.5 Å². The van der Waals surface area contributed by atoms with Crippen LogP contribution in [-0.2, 0) is 11.3 Å². The Morgan fingerprint density at radius 1 is 1.21 bits per heavy atom. The summed E-state index contributed by atoms with van der Waals surface area (Å²) >= 11 is 15.3. The van der Waals surface area contributed by atoms with E-state index in [4.69, 9.17) is 32.7 Å². The van der Waals surface area contributed by atoms with Crippen LogP contribution in [0.2, 0.25) is 10.2 Å². The van der Waals surface area contributed by atoms with Crippen LogP contribution in [0.15, 0.2) is 28.7 Å². The van der Waals surface area contributed by atoms with Crippen LogP contribution in [-0.4, -0.2) is 17.1 Å². The Kier molecular flexibility index (Phi) is 4.99. The first-order valence-corrected chi connectivity index (χ1v) is 6.78. The zero-order chi connectivity index (χ0) is 13.8. The lowest BCUT2D eigenvalue weighted by Gasteiger charge is -2.08. The summed E-state index contributed by atoms with van der Waals surface area (Å²) in [5, 5.41) is 0.752. The summed E-state index contributed by atoms with van der Waals surface area (Å²) in [5.41, 5.74) is 0. The van der Waals surface area contributed by atoms with Gasteiger partial charge in [0.2, 0.25) is 5.88 Å². The maximum absolute atomic E-state index is 6.06. The maximum Gasteiger partial charge on any atom is 0.224 e. The molecule has 1 aromatic heterocycles. The van der Waals surface area contributed by atoms with Gasteiger partial charge in [-0.05, 0) is 18.2 Å². The number of halogens is 3. The molecule has 0 aliphatic carbocycles. The van der Waals surface area contributed by atoms with E-state index < -0.39 is 0 Å². The number of rotatable bonds is 4. The Morgan fingerprint density at radius 2 is 2.00 bits per heavy atom. The summed E-state index contributed by atoms with van der Waals surface area (Å²) < 4.78 is 11.4. The molecule has 19 heavy (non-hydrogen) atoms. The van der Waals surface area contributed by atoms with E-state index in [1.807, 2.05) is 6.07 Å². The van der Waals surface area contributed by atoms with Crippen molar-refractivity contribution in [2.75, 3.05) is 7.11 Å². The van der Waals surface area contributed by atoms with Gasteiger partial charge in [0.25, 0.3) is 0 Å². The van der Waals surface area contributed by atoms with E-state index in [2.05, 4.69) is 25.9 Å². The molecule has 0 unspecified atom stereocenters. The van der Waals surface area contributed by atoms with Crippen molar-refractivity contribution in [2.24, 2.45) is 0 Å². The highest BCUT2D eigenvalue weighted by molar-refractivity contribution is 9.10. The second kappa shape index (κ2) is 6.52. The van der Waals surface area contributed by atoms with Gasteiger partial charge in [-0.1, -0.05) is 39.1 Å². The Hall–Kier alpha value is -0.880.